The summed E-state index contributed by atoms with van der Waals surface area (Å²) in [4.78, 5) is 25.0. The van der Waals surface area contributed by atoms with Crippen molar-refractivity contribution in [3.8, 4) is 0 Å². The van der Waals surface area contributed by atoms with Gasteiger partial charge >= 0.3 is 0 Å². The monoisotopic (exact) mass is 298 g/mol. The summed E-state index contributed by atoms with van der Waals surface area (Å²) < 4.78 is 0. The van der Waals surface area contributed by atoms with E-state index in [1.54, 1.807) is 36.4 Å². The summed E-state index contributed by atoms with van der Waals surface area (Å²) in [5, 5.41) is 21.2. The van der Waals surface area contributed by atoms with Crippen LogP contribution in [0.1, 0.15) is 34.6 Å². The highest BCUT2D eigenvalue weighted by atomic mass is 16.4. The summed E-state index contributed by atoms with van der Waals surface area (Å²) >= 11 is 0. The molecule has 0 spiro atoms. The summed E-state index contributed by atoms with van der Waals surface area (Å²) in [7, 11) is 0. The molecule has 0 radical (unpaired) electrons. The first kappa shape index (κ1) is 16.1. The molecular weight excluding hydrogens is 280 g/mol. The van der Waals surface area contributed by atoms with Crippen LogP contribution in [0.15, 0.2) is 60.7 Å². The minimum absolute atomic E-state index is 0.230. The predicted octanol–water partition coefficient (Wildman–Crippen LogP) is 2.25. The average molecular weight is 298 g/mol. The van der Waals surface area contributed by atoms with E-state index < -0.39 is 22.8 Å². The number of carbonyl (C=O) groups is 2. The van der Waals surface area contributed by atoms with E-state index in [-0.39, 0.29) is 11.1 Å². The number of ketones is 2. The van der Waals surface area contributed by atoms with E-state index >= 15 is 0 Å². The molecule has 0 saturated carbocycles. The molecule has 0 aromatic heterocycles. The second-order valence-electron chi connectivity index (χ2n) is 5.53. The molecule has 4 nitrogen and oxygen atoms in total. The van der Waals surface area contributed by atoms with E-state index in [2.05, 4.69) is 0 Å². The van der Waals surface area contributed by atoms with Gasteiger partial charge in [-0.2, -0.15) is 0 Å². The Morgan fingerprint density at radius 3 is 1.23 bits per heavy atom. The number of carbonyl (C=O) groups excluding carboxylic acids is 2. The summed E-state index contributed by atoms with van der Waals surface area (Å²) in [6, 6.07) is 16.2. The van der Waals surface area contributed by atoms with Gasteiger partial charge in [0, 0.05) is 11.1 Å². The Balaban J connectivity index is 2.38. The van der Waals surface area contributed by atoms with Crippen molar-refractivity contribution in [2.75, 3.05) is 0 Å². The fourth-order valence-corrected chi connectivity index (χ4v) is 2.18. The number of hydrogen-bond acceptors (Lipinski definition) is 4. The third-order valence-electron chi connectivity index (χ3n) is 3.90. The first-order valence-electron chi connectivity index (χ1n) is 6.93. The summed E-state index contributed by atoms with van der Waals surface area (Å²) in [5.41, 5.74) is -4.04. The second-order valence-corrected chi connectivity index (χ2v) is 5.53. The molecule has 114 valence electrons. The van der Waals surface area contributed by atoms with E-state index in [1.807, 2.05) is 0 Å². The van der Waals surface area contributed by atoms with Crippen molar-refractivity contribution < 1.29 is 19.8 Å². The van der Waals surface area contributed by atoms with Crippen molar-refractivity contribution in [3.05, 3.63) is 71.8 Å². The predicted molar refractivity (Wildman–Crippen MR) is 82.8 cm³/mol. The molecule has 0 aliphatic rings. The fourth-order valence-electron chi connectivity index (χ4n) is 2.18. The molecule has 2 N–H and O–H groups in total. The molecule has 0 bridgehead atoms. The van der Waals surface area contributed by atoms with E-state index in [0.29, 0.717) is 0 Å². The third-order valence-corrected chi connectivity index (χ3v) is 3.90. The highest BCUT2D eigenvalue weighted by Gasteiger charge is 2.53. The van der Waals surface area contributed by atoms with Gasteiger partial charge in [0.25, 0.3) is 0 Å². The van der Waals surface area contributed by atoms with Gasteiger partial charge in [-0.15, -0.1) is 0 Å². The van der Waals surface area contributed by atoms with E-state index in [4.69, 9.17) is 0 Å². The SMILES string of the molecule is CC(O)(C(=O)c1ccccc1)C(C)(O)C(=O)c1ccccc1. The Labute approximate surface area is 129 Å². The van der Waals surface area contributed by atoms with Gasteiger partial charge in [0.1, 0.15) is 0 Å². The lowest BCUT2D eigenvalue weighted by molar-refractivity contribution is -0.0805. The number of rotatable bonds is 5. The van der Waals surface area contributed by atoms with Crippen LogP contribution in [0.3, 0.4) is 0 Å². The Morgan fingerprint density at radius 2 is 0.955 bits per heavy atom. The highest BCUT2D eigenvalue weighted by Crippen LogP contribution is 2.29. The molecule has 22 heavy (non-hydrogen) atoms. The second kappa shape index (κ2) is 5.83. The zero-order valence-electron chi connectivity index (χ0n) is 12.5. The molecule has 0 aliphatic carbocycles. The van der Waals surface area contributed by atoms with Gasteiger partial charge in [-0.25, -0.2) is 0 Å². The molecule has 0 saturated heterocycles. The highest BCUT2D eigenvalue weighted by molar-refractivity contribution is 6.11. The van der Waals surface area contributed by atoms with Crippen molar-refractivity contribution in [1.29, 1.82) is 0 Å². The number of Topliss-reactive ketones (excluding diaryl/α,β-unsaturated/α-hetero) is 2. The minimum Gasteiger partial charge on any atom is -0.378 e. The van der Waals surface area contributed by atoms with Gasteiger partial charge in [-0.3, -0.25) is 9.59 Å². The summed E-state index contributed by atoms with van der Waals surface area (Å²) in [6.07, 6.45) is 0. The molecule has 2 aromatic carbocycles. The van der Waals surface area contributed by atoms with Crippen LogP contribution in [0.2, 0.25) is 0 Å². The zero-order valence-corrected chi connectivity index (χ0v) is 12.5. The Hall–Kier alpha value is -2.30. The van der Waals surface area contributed by atoms with Crippen LogP contribution in [0, 0.1) is 0 Å². The van der Waals surface area contributed by atoms with Crippen LogP contribution in [0.25, 0.3) is 0 Å². The van der Waals surface area contributed by atoms with Gasteiger partial charge in [-0.1, -0.05) is 60.7 Å². The molecular formula is C18H18O4. The molecule has 4 heteroatoms. The van der Waals surface area contributed by atoms with Gasteiger partial charge in [0.15, 0.2) is 22.8 Å². The minimum atomic E-state index is -2.25. The first-order chi connectivity index (χ1) is 10.3. The summed E-state index contributed by atoms with van der Waals surface area (Å²) in [6.45, 7) is 2.31. The number of benzene rings is 2. The average Bonchev–Trinajstić information content (AvgIpc) is 2.54. The lowest BCUT2D eigenvalue weighted by Gasteiger charge is -2.36. The maximum absolute atomic E-state index is 12.5. The van der Waals surface area contributed by atoms with Crippen molar-refractivity contribution in [2.45, 2.75) is 25.0 Å². The van der Waals surface area contributed by atoms with Gasteiger partial charge < -0.3 is 10.2 Å². The van der Waals surface area contributed by atoms with Crippen LogP contribution in [0.5, 0.6) is 0 Å². The first-order valence-corrected chi connectivity index (χ1v) is 6.93. The van der Waals surface area contributed by atoms with Crippen molar-refractivity contribution in [3.63, 3.8) is 0 Å². The van der Waals surface area contributed by atoms with Crippen molar-refractivity contribution in [2.24, 2.45) is 0 Å². The van der Waals surface area contributed by atoms with Gasteiger partial charge in [0.2, 0.25) is 0 Å². The fraction of sp³-hybridized carbons (Fsp3) is 0.222. The largest absolute Gasteiger partial charge is 0.378 e. The maximum atomic E-state index is 12.5. The smallest absolute Gasteiger partial charge is 0.197 e. The number of hydrogen-bond donors (Lipinski definition) is 2. The molecule has 2 atom stereocenters. The van der Waals surface area contributed by atoms with Crippen LogP contribution in [-0.4, -0.2) is 33.0 Å². The van der Waals surface area contributed by atoms with E-state index in [0.717, 1.165) is 13.8 Å². The standard InChI is InChI=1S/C18H18O4/c1-17(21,15(19)13-9-5-3-6-10-13)18(2,22)16(20)14-11-7-4-8-12-14/h3-12,21-22H,1-2H3. The van der Waals surface area contributed by atoms with Crippen LogP contribution < -0.4 is 0 Å². The van der Waals surface area contributed by atoms with Crippen molar-refractivity contribution in [1.82, 2.24) is 0 Å². The molecule has 0 heterocycles. The summed E-state index contributed by atoms with van der Waals surface area (Å²) in [5.74, 6) is -1.41. The molecule has 0 aliphatic heterocycles. The molecule has 0 amide bonds. The maximum Gasteiger partial charge on any atom is 0.197 e. The normalized spacial score (nSPS) is 16.4. The van der Waals surface area contributed by atoms with E-state index in [1.165, 1.54) is 24.3 Å². The van der Waals surface area contributed by atoms with Gasteiger partial charge in [0.05, 0.1) is 0 Å². The topological polar surface area (TPSA) is 74.6 Å². The van der Waals surface area contributed by atoms with Crippen LogP contribution >= 0.6 is 0 Å². The Kier molecular flexibility index (Phi) is 4.26. The quantitative estimate of drug-likeness (QED) is 0.830. The molecule has 0 fully saturated rings. The molecule has 2 unspecified atom stereocenters. The molecule has 2 rings (SSSR count). The van der Waals surface area contributed by atoms with Crippen LogP contribution in [0.4, 0.5) is 0 Å². The third kappa shape index (κ3) is 2.71. The zero-order chi connectivity index (χ0) is 16.4. The Morgan fingerprint density at radius 1 is 0.682 bits per heavy atom. The van der Waals surface area contributed by atoms with Crippen LogP contribution in [-0.2, 0) is 0 Å². The Bertz CT molecular complexity index is 611. The lowest BCUT2D eigenvalue weighted by Crippen LogP contribution is -2.60. The molecule has 2 aromatic rings. The van der Waals surface area contributed by atoms with Gasteiger partial charge in [-0.05, 0) is 13.8 Å². The number of aliphatic hydroxyl groups is 2. The lowest BCUT2D eigenvalue weighted by atomic mass is 9.75. The van der Waals surface area contributed by atoms with Crippen molar-refractivity contribution >= 4 is 11.6 Å². The van der Waals surface area contributed by atoms with E-state index in [9.17, 15) is 19.8 Å².